The SMILES string of the molecule is CCOc1ccc(CC#N)cc1Cl. The third-order valence-corrected chi connectivity index (χ3v) is 1.87. The zero-order valence-corrected chi connectivity index (χ0v) is 8.14. The van der Waals surface area contributed by atoms with Crippen LogP contribution in [0, 0.1) is 11.3 Å². The first kappa shape index (κ1) is 9.88. The molecule has 0 aliphatic heterocycles. The molecule has 2 nitrogen and oxygen atoms in total. The van der Waals surface area contributed by atoms with Gasteiger partial charge in [-0.15, -0.1) is 0 Å². The third kappa shape index (κ3) is 2.64. The molecule has 3 heteroatoms. The van der Waals surface area contributed by atoms with Gasteiger partial charge < -0.3 is 4.74 Å². The summed E-state index contributed by atoms with van der Waals surface area (Å²) in [5.41, 5.74) is 0.913. The van der Waals surface area contributed by atoms with Crippen molar-refractivity contribution in [2.24, 2.45) is 0 Å². The molecule has 0 aromatic heterocycles. The van der Waals surface area contributed by atoms with Crippen LogP contribution in [0.5, 0.6) is 5.75 Å². The van der Waals surface area contributed by atoms with Crippen molar-refractivity contribution < 1.29 is 4.74 Å². The quantitative estimate of drug-likeness (QED) is 0.743. The van der Waals surface area contributed by atoms with Crippen LogP contribution < -0.4 is 4.74 Å². The minimum Gasteiger partial charge on any atom is -0.492 e. The van der Waals surface area contributed by atoms with E-state index >= 15 is 0 Å². The molecule has 0 atom stereocenters. The number of nitriles is 1. The van der Waals surface area contributed by atoms with Crippen LogP contribution in [-0.2, 0) is 6.42 Å². The summed E-state index contributed by atoms with van der Waals surface area (Å²) in [5.74, 6) is 0.672. The zero-order valence-electron chi connectivity index (χ0n) is 7.38. The van der Waals surface area contributed by atoms with Gasteiger partial charge in [0.2, 0.25) is 0 Å². The summed E-state index contributed by atoms with van der Waals surface area (Å²) in [6, 6.07) is 7.46. The van der Waals surface area contributed by atoms with E-state index in [1.165, 1.54) is 0 Å². The molecule has 0 spiro atoms. The predicted molar refractivity (Wildman–Crippen MR) is 51.9 cm³/mol. The standard InChI is InChI=1S/C10H10ClNO/c1-2-13-10-4-3-8(5-6-12)7-9(10)11/h3-4,7H,2,5H2,1H3. The molecule has 1 aromatic carbocycles. The summed E-state index contributed by atoms with van der Waals surface area (Å²) in [5, 5.41) is 9.02. The van der Waals surface area contributed by atoms with E-state index in [9.17, 15) is 0 Å². The average Bonchev–Trinajstić information content (AvgIpc) is 2.10. The number of hydrogen-bond donors (Lipinski definition) is 0. The molecule has 0 N–H and O–H groups in total. The van der Waals surface area contributed by atoms with Crippen molar-refractivity contribution in [1.29, 1.82) is 5.26 Å². The molecule has 0 radical (unpaired) electrons. The highest BCUT2D eigenvalue weighted by atomic mass is 35.5. The van der Waals surface area contributed by atoms with Crippen molar-refractivity contribution >= 4 is 11.6 Å². The summed E-state index contributed by atoms with van der Waals surface area (Å²) in [6.07, 6.45) is 0.381. The Morgan fingerprint density at radius 2 is 2.31 bits per heavy atom. The Kier molecular flexibility index (Phi) is 3.60. The molecular formula is C10H10ClNO. The van der Waals surface area contributed by atoms with Crippen molar-refractivity contribution in [3.63, 3.8) is 0 Å². The first-order valence-electron chi connectivity index (χ1n) is 4.06. The number of nitrogens with zero attached hydrogens (tertiary/aromatic N) is 1. The molecule has 0 heterocycles. The molecule has 1 aromatic rings. The van der Waals surface area contributed by atoms with Gasteiger partial charge in [-0.1, -0.05) is 17.7 Å². The molecule has 0 aliphatic carbocycles. The smallest absolute Gasteiger partial charge is 0.137 e. The van der Waals surface area contributed by atoms with Crippen molar-refractivity contribution in [2.75, 3.05) is 6.61 Å². The Hall–Kier alpha value is -1.20. The number of halogens is 1. The molecule has 0 amide bonds. The van der Waals surface area contributed by atoms with E-state index < -0.39 is 0 Å². The molecule has 68 valence electrons. The van der Waals surface area contributed by atoms with Gasteiger partial charge in [0.05, 0.1) is 24.1 Å². The van der Waals surface area contributed by atoms with Crippen LogP contribution in [-0.4, -0.2) is 6.61 Å². The van der Waals surface area contributed by atoms with Gasteiger partial charge in [0.15, 0.2) is 0 Å². The van der Waals surface area contributed by atoms with Gasteiger partial charge in [0.25, 0.3) is 0 Å². The van der Waals surface area contributed by atoms with E-state index in [1.54, 1.807) is 12.1 Å². The van der Waals surface area contributed by atoms with Crippen LogP contribution in [0.15, 0.2) is 18.2 Å². The highest BCUT2D eigenvalue weighted by Crippen LogP contribution is 2.25. The minimum atomic E-state index is 0.381. The van der Waals surface area contributed by atoms with Crippen LogP contribution in [0.3, 0.4) is 0 Å². The predicted octanol–water partition coefficient (Wildman–Crippen LogP) is 2.80. The summed E-state index contributed by atoms with van der Waals surface area (Å²) < 4.78 is 5.25. The topological polar surface area (TPSA) is 33.0 Å². The van der Waals surface area contributed by atoms with Crippen molar-refractivity contribution in [3.05, 3.63) is 28.8 Å². The van der Waals surface area contributed by atoms with Gasteiger partial charge in [-0.2, -0.15) is 5.26 Å². The lowest BCUT2D eigenvalue weighted by molar-refractivity contribution is 0.340. The monoisotopic (exact) mass is 195 g/mol. The molecule has 0 fully saturated rings. The average molecular weight is 196 g/mol. The third-order valence-electron chi connectivity index (χ3n) is 1.58. The summed E-state index contributed by atoms with van der Waals surface area (Å²) in [4.78, 5) is 0. The Morgan fingerprint density at radius 3 is 2.85 bits per heavy atom. The van der Waals surface area contributed by atoms with E-state index in [-0.39, 0.29) is 0 Å². The van der Waals surface area contributed by atoms with Gasteiger partial charge in [0.1, 0.15) is 5.75 Å². The van der Waals surface area contributed by atoms with Crippen LogP contribution in [0.2, 0.25) is 5.02 Å². The molecule has 0 bridgehead atoms. The second-order valence-electron chi connectivity index (χ2n) is 2.53. The Morgan fingerprint density at radius 1 is 1.54 bits per heavy atom. The van der Waals surface area contributed by atoms with Crippen LogP contribution in [0.25, 0.3) is 0 Å². The molecule has 13 heavy (non-hydrogen) atoms. The number of ether oxygens (including phenoxy) is 1. The van der Waals surface area contributed by atoms with Crippen LogP contribution >= 0.6 is 11.6 Å². The van der Waals surface area contributed by atoms with E-state index in [2.05, 4.69) is 6.07 Å². The molecule has 1 rings (SSSR count). The Bertz CT molecular complexity index is 330. The van der Waals surface area contributed by atoms with E-state index in [0.29, 0.717) is 23.8 Å². The number of rotatable bonds is 3. The zero-order chi connectivity index (χ0) is 9.68. The number of benzene rings is 1. The molecule has 0 unspecified atom stereocenters. The first-order chi connectivity index (χ1) is 6.27. The lowest BCUT2D eigenvalue weighted by atomic mass is 10.2. The lowest BCUT2D eigenvalue weighted by Crippen LogP contribution is -1.92. The maximum atomic E-state index is 8.46. The highest BCUT2D eigenvalue weighted by molar-refractivity contribution is 6.32. The van der Waals surface area contributed by atoms with Crippen LogP contribution in [0.1, 0.15) is 12.5 Å². The van der Waals surface area contributed by atoms with Gasteiger partial charge in [-0.25, -0.2) is 0 Å². The van der Waals surface area contributed by atoms with Gasteiger partial charge in [-0.05, 0) is 24.6 Å². The van der Waals surface area contributed by atoms with E-state index in [1.807, 2.05) is 13.0 Å². The normalized spacial score (nSPS) is 9.31. The van der Waals surface area contributed by atoms with Gasteiger partial charge in [0, 0.05) is 0 Å². The van der Waals surface area contributed by atoms with Gasteiger partial charge in [-0.3, -0.25) is 0 Å². The maximum Gasteiger partial charge on any atom is 0.137 e. The fourth-order valence-corrected chi connectivity index (χ4v) is 1.28. The van der Waals surface area contributed by atoms with Crippen LogP contribution in [0.4, 0.5) is 0 Å². The van der Waals surface area contributed by atoms with Gasteiger partial charge >= 0.3 is 0 Å². The molecule has 0 saturated carbocycles. The number of hydrogen-bond acceptors (Lipinski definition) is 2. The first-order valence-corrected chi connectivity index (χ1v) is 4.44. The fourth-order valence-electron chi connectivity index (χ4n) is 1.02. The molecular weight excluding hydrogens is 186 g/mol. The molecule has 0 aliphatic rings. The summed E-state index contributed by atoms with van der Waals surface area (Å²) in [7, 11) is 0. The maximum absolute atomic E-state index is 8.46. The summed E-state index contributed by atoms with van der Waals surface area (Å²) in [6.45, 7) is 2.50. The Balaban J connectivity index is 2.86. The molecule has 0 saturated heterocycles. The Labute approximate surface area is 82.7 Å². The minimum absolute atomic E-state index is 0.381. The lowest BCUT2D eigenvalue weighted by Gasteiger charge is -2.05. The largest absolute Gasteiger partial charge is 0.492 e. The van der Waals surface area contributed by atoms with Crippen molar-refractivity contribution in [1.82, 2.24) is 0 Å². The second-order valence-corrected chi connectivity index (χ2v) is 2.94. The van der Waals surface area contributed by atoms with Crippen molar-refractivity contribution in [2.45, 2.75) is 13.3 Å². The highest BCUT2D eigenvalue weighted by Gasteiger charge is 2.01. The van der Waals surface area contributed by atoms with Crippen molar-refractivity contribution in [3.8, 4) is 11.8 Å². The van der Waals surface area contributed by atoms with E-state index in [0.717, 1.165) is 5.56 Å². The second kappa shape index (κ2) is 4.74. The van der Waals surface area contributed by atoms with E-state index in [4.69, 9.17) is 21.6 Å². The summed E-state index contributed by atoms with van der Waals surface area (Å²) >= 11 is 5.91. The fraction of sp³-hybridized carbons (Fsp3) is 0.300.